The second-order valence-corrected chi connectivity index (χ2v) is 8.96. The number of phenols is 1. The Morgan fingerprint density at radius 1 is 0.800 bits per heavy atom. The van der Waals surface area contributed by atoms with Crippen LogP contribution in [-0.2, 0) is 0 Å². The fraction of sp³-hybridized carbons (Fsp3) is 0.233. The zero-order valence-electron chi connectivity index (χ0n) is 19.8. The van der Waals surface area contributed by atoms with E-state index in [2.05, 4.69) is 4.90 Å². The van der Waals surface area contributed by atoms with Gasteiger partial charge in [0.2, 0.25) is 0 Å². The zero-order valence-corrected chi connectivity index (χ0v) is 19.8. The monoisotopic (exact) mass is 466 g/mol. The highest BCUT2D eigenvalue weighted by molar-refractivity contribution is 6.12. The van der Waals surface area contributed by atoms with Crippen LogP contribution >= 0.6 is 0 Å². The van der Waals surface area contributed by atoms with Gasteiger partial charge < -0.3 is 9.84 Å². The van der Waals surface area contributed by atoms with Crippen LogP contribution in [0.2, 0.25) is 0 Å². The van der Waals surface area contributed by atoms with Crippen LogP contribution in [0.15, 0.2) is 91.0 Å². The van der Waals surface area contributed by atoms with Crippen LogP contribution in [-0.4, -0.2) is 42.2 Å². The molecule has 178 valence electrons. The van der Waals surface area contributed by atoms with Crippen LogP contribution in [0.3, 0.4) is 0 Å². The van der Waals surface area contributed by atoms with Crippen molar-refractivity contribution in [3.05, 3.63) is 96.6 Å². The second kappa shape index (κ2) is 10.6. The van der Waals surface area contributed by atoms with E-state index in [0.717, 1.165) is 41.8 Å². The number of hydrogen-bond acceptors (Lipinski definition) is 4. The van der Waals surface area contributed by atoms with Gasteiger partial charge >= 0.3 is 0 Å². The maximum Gasteiger partial charge on any atom is 0.262 e. The third kappa shape index (κ3) is 5.47. The quantitative estimate of drug-likeness (QED) is 0.343. The Morgan fingerprint density at radius 3 is 2.17 bits per heavy atom. The van der Waals surface area contributed by atoms with Crippen molar-refractivity contribution in [3.8, 4) is 11.5 Å². The molecule has 1 heterocycles. The molecule has 4 aromatic rings. The lowest BCUT2D eigenvalue weighted by atomic mass is 10.1. The van der Waals surface area contributed by atoms with E-state index in [0.29, 0.717) is 17.9 Å². The minimum atomic E-state index is -0.139. The molecule has 0 aliphatic carbocycles. The fourth-order valence-electron chi connectivity index (χ4n) is 4.60. The maximum atomic E-state index is 13.7. The van der Waals surface area contributed by atoms with Crippen LogP contribution in [0.25, 0.3) is 10.8 Å². The number of phenolic OH excluding ortho intramolecular Hbond substituents is 1. The smallest absolute Gasteiger partial charge is 0.262 e. The first-order valence-corrected chi connectivity index (χ1v) is 12.2. The minimum absolute atomic E-state index is 0.139. The molecule has 5 rings (SSSR count). The molecule has 4 aromatic carbocycles. The molecular weight excluding hydrogens is 436 g/mol. The standard InChI is InChI=1S/C30H30N2O3/c33-28-14-10-26(11-15-28)32(30(34)25-9-8-23-6-2-3-7-24(23)22-25)27-12-16-29(17-13-27)35-21-20-31-18-4-1-5-19-31/h2-3,6-17,22,33H,1,4-5,18-21H2. The van der Waals surface area contributed by atoms with E-state index in [-0.39, 0.29) is 11.7 Å². The molecule has 1 N–H and O–H groups in total. The molecule has 0 aromatic heterocycles. The van der Waals surface area contributed by atoms with Crippen LogP contribution in [0, 0.1) is 0 Å². The highest BCUT2D eigenvalue weighted by Crippen LogP contribution is 2.31. The Balaban J connectivity index is 1.37. The van der Waals surface area contributed by atoms with E-state index < -0.39 is 0 Å². The Labute approximate surface area is 206 Å². The summed E-state index contributed by atoms with van der Waals surface area (Å²) in [6.45, 7) is 3.89. The van der Waals surface area contributed by atoms with Crippen LogP contribution in [0.4, 0.5) is 11.4 Å². The number of fused-ring (bicyclic) bond motifs is 1. The molecule has 0 bridgehead atoms. The number of carbonyl (C=O) groups excluding carboxylic acids is 1. The molecule has 35 heavy (non-hydrogen) atoms. The van der Waals surface area contributed by atoms with Gasteiger partial charge in [0.1, 0.15) is 18.1 Å². The molecule has 1 fully saturated rings. The molecule has 1 aliphatic heterocycles. The van der Waals surface area contributed by atoms with Crippen LogP contribution < -0.4 is 9.64 Å². The topological polar surface area (TPSA) is 53.0 Å². The Kier molecular flexibility index (Phi) is 6.96. The van der Waals surface area contributed by atoms with E-state index in [1.54, 1.807) is 29.2 Å². The first kappa shape index (κ1) is 22.9. The Hall–Kier alpha value is -3.83. The fourth-order valence-corrected chi connectivity index (χ4v) is 4.60. The Morgan fingerprint density at radius 2 is 1.46 bits per heavy atom. The molecular formula is C30H30N2O3. The van der Waals surface area contributed by atoms with Crippen molar-refractivity contribution in [2.24, 2.45) is 0 Å². The highest BCUT2D eigenvalue weighted by Gasteiger charge is 2.20. The number of carbonyl (C=O) groups is 1. The SMILES string of the molecule is O=C(c1ccc2ccccc2c1)N(c1ccc(O)cc1)c1ccc(OCCN2CCCCC2)cc1. The first-order valence-electron chi connectivity index (χ1n) is 12.2. The molecule has 1 saturated heterocycles. The largest absolute Gasteiger partial charge is 0.508 e. The summed E-state index contributed by atoms with van der Waals surface area (Å²) in [6.07, 6.45) is 3.87. The molecule has 0 atom stereocenters. The number of likely N-dealkylation sites (tertiary alicyclic amines) is 1. The lowest BCUT2D eigenvalue weighted by Gasteiger charge is -2.26. The lowest BCUT2D eigenvalue weighted by Crippen LogP contribution is -2.33. The normalized spacial score (nSPS) is 14.1. The van der Waals surface area contributed by atoms with Crippen LogP contribution in [0.1, 0.15) is 29.6 Å². The van der Waals surface area contributed by atoms with Gasteiger partial charge in [-0.2, -0.15) is 0 Å². The number of piperidine rings is 1. The van der Waals surface area contributed by atoms with Gasteiger partial charge in [0, 0.05) is 23.5 Å². The molecule has 0 unspecified atom stereocenters. The summed E-state index contributed by atoms with van der Waals surface area (Å²) in [5.41, 5.74) is 2.01. The number of nitrogens with zero attached hydrogens (tertiary/aromatic N) is 2. The van der Waals surface area contributed by atoms with E-state index in [9.17, 15) is 9.90 Å². The lowest BCUT2D eigenvalue weighted by molar-refractivity contribution is 0.0999. The predicted octanol–water partition coefficient (Wildman–Crippen LogP) is 6.39. The van der Waals surface area contributed by atoms with E-state index >= 15 is 0 Å². The van der Waals surface area contributed by atoms with Crippen molar-refractivity contribution >= 4 is 28.1 Å². The molecule has 1 aliphatic rings. The van der Waals surface area contributed by atoms with Crippen LogP contribution in [0.5, 0.6) is 11.5 Å². The van der Waals surface area contributed by atoms with Gasteiger partial charge in [0.15, 0.2) is 0 Å². The molecule has 5 heteroatoms. The number of ether oxygens (including phenoxy) is 1. The van der Waals surface area contributed by atoms with Gasteiger partial charge in [-0.25, -0.2) is 0 Å². The third-order valence-corrected chi connectivity index (χ3v) is 6.53. The zero-order chi connectivity index (χ0) is 24.0. The molecule has 5 nitrogen and oxygen atoms in total. The van der Waals surface area contributed by atoms with Gasteiger partial charge in [-0.05, 0) is 97.4 Å². The first-order chi connectivity index (χ1) is 17.2. The number of benzene rings is 4. The summed E-state index contributed by atoms with van der Waals surface area (Å²) in [7, 11) is 0. The van der Waals surface area contributed by atoms with Gasteiger partial charge in [0.25, 0.3) is 5.91 Å². The number of amides is 1. The minimum Gasteiger partial charge on any atom is -0.508 e. The summed E-state index contributed by atoms with van der Waals surface area (Å²) < 4.78 is 5.98. The van der Waals surface area contributed by atoms with Crippen molar-refractivity contribution in [3.63, 3.8) is 0 Å². The average molecular weight is 467 g/mol. The van der Waals surface area contributed by atoms with Crippen molar-refractivity contribution in [2.45, 2.75) is 19.3 Å². The summed E-state index contributed by atoms with van der Waals surface area (Å²) in [5.74, 6) is 0.805. The number of aromatic hydroxyl groups is 1. The van der Waals surface area contributed by atoms with Gasteiger partial charge in [0.05, 0.1) is 0 Å². The highest BCUT2D eigenvalue weighted by atomic mass is 16.5. The van der Waals surface area contributed by atoms with Crippen molar-refractivity contribution < 1.29 is 14.6 Å². The molecule has 0 spiro atoms. The molecule has 0 radical (unpaired) electrons. The summed E-state index contributed by atoms with van der Waals surface area (Å²) in [6, 6.07) is 28.1. The summed E-state index contributed by atoms with van der Waals surface area (Å²) >= 11 is 0. The predicted molar refractivity (Wildman–Crippen MR) is 141 cm³/mol. The van der Waals surface area contributed by atoms with Gasteiger partial charge in [-0.1, -0.05) is 36.8 Å². The maximum absolute atomic E-state index is 13.7. The average Bonchev–Trinajstić information content (AvgIpc) is 2.91. The van der Waals surface area contributed by atoms with Crippen molar-refractivity contribution in [2.75, 3.05) is 31.1 Å². The van der Waals surface area contributed by atoms with Crippen molar-refractivity contribution in [1.29, 1.82) is 0 Å². The third-order valence-electron chi connectivity index (χ3n) is 6.53. The summed E-state index contributed by atoms with van der Waals surface area (Å²) in [5, 5.41) is 11.9. The van der Waals surface area contributed by atoms with Gasteiger partial charge in [-0.15, -0.1) is 0 Å². The van der Waals surface area contributed by atoms with E-state index in [1.165, 1.54) is 19.3 Å². The number of hydrogen-bond donors (Lipinski definition) is 1. The number of rotatable bonds is 7. The van der Waals surface area contributed by atoms with E-state index in [4.69, 9.17) is 4.74 Å². The number of anilines is 2. The molecule has 0 saturated carbocycles. The summed E-state index contributed by atoms with van der Waals surface area (Å²) in [4.78, 5) is 17.9. The Bertz CT molecular complexity index is 1280. The second-order valence-electron chi connectivity index (χ2n) is 8.96. The molecule has 1 amide bonds. The van der Waals surface area contributed by atoms with Gasteiger partial charge in [-0.3, -0.25) is 14.6 Å². The van der Waals surface area contributed by atoms with E-state index in [1.807, 2.05) is 66.7 Å². The van der Waals surface area contributed by atoms with Crippen molar-refractivity contribution in [1.82, 2.24) is 4.90 Å².